The summed E-state index contributed by atoms with van der Waals surface area (Å²) < 4.78 is 31.7. The Labute approximate surface area is 154 Å². The van der Waals surface area contributed by atoms with Gasteiger partial charge in [0.2, 0.25) is 10.0 Å². The summed E-state index contributed by atoms with van der Waals surface area (Å²) in [6.07, 6.45) is 3.39. The van der Waals surface area contributed by atoms with Crippen LogP contribution < -0.4 is 0 Å². The molecule has 5 nitrogen and oxygen atoms in total. The maximum Gasteiger partial charge on any atom is 0.338 e. The summed E-state index contributed by atoms with van der Waals surface area (Å²) in [5.41, 5.74) is 1.57. The van der Waals surface area contributed by atoms with Crippen LogP contribution in [0, 0.1) is 0 Å². The molecule has 0 radical (unpaired) electrons. The fraction of sp³-hybridized carbons (Fsp3) is 0.350. The number of aryl methyl sites for hydroxylation is 1. The first-order valence-corrected chi connectivity index (χ1v) is 10.3. The lowest BCUT2D eigenvalue weighted by Crippen LogP contribution is -2.27. The van der Waals surface area contributed by atoms with Gasteiger partial charge < -0.3 is 4.74 Å². The highest BCUT2D eigenvalue weighted by molar-refractivity contribution is 7.89. The summed E-state index contributed by atoms with van der Waals surface area (Å²) in [6.45, 7) is 1.46. The van der Waals surface area contributed by atoms with E-state index in [0.717, 1.165) is 25.7 Å². The molecule has 0 aromatic heterocycles. The van der Waals surface area contributed by atoms with Gasteiger partial charge in [0.25, 0.3) is 0 Å². The summed E-state index contributed by atoms with van der Waals surface area (Å²) in [5.74, 6) is -0.428. The molecule has 0 aliphatic carbocycles. The first-order valence-electron chi connectivity index (χ1n) is 8.89. The van der Waals surface area contributed by atoms with E-state index >= 15 is 0 Å². The van der Waals surface area contributed by atoms with Gasteiger partial charge in [-0.2, -0.15) is 4.31 Å². The molecule has 1 heterocycles. The monoisotopic (exact) mass is 373 g/mol. The number of sulfonamides is 1. The van der Waals surface area contributed by atoms with Crippen molar-refractivity contribution in [1.29, 1.82) is 0 Å². The second kappa shape index (κ2) is 8.47. The standard InChI is InChI=1S/C20H23NO4S/c22-20(25-16-6-9-17-7-2-1-3-8-17)18-10-12-19(13-11-18)26(23,24)21-14-4-5-15-21/h1-3,7-8,10-13H,4-6,9,14-16H2. The van der Waals surface area contributed by atoms with E-state index in [0.29, 0.717) is 25.3 Å². The van der Waals surface area contributed by atoms with Gasteiger partial charge in [0, 0.05) is 13.1 Å². The molecule has 2 aromatic rings. The molecular weight excluding hydrogens is 350 g/mol. The van der Waals surface area contributed by atoms with Crippen molar-refractivity contribution >= 4 is 16.0 Å². The zero-order chi connectivity index (χ0) is 18.4. The number of carbonyl (C=O) groups excluding carboxylic acids is 1. The molecule has 0 amide bonds. The Morgan fingerprint density at radius 2 is 1.62 bits per heavy atom. The number of carbonyl (C=O) groups is 1. The molecule has 1 saturated heterocycles. The predicted octanol–water partition coefficient (Wildman–Crippen LogP) is 3.26. The Bertz CT molecular complexity index is 826. The van der Waals surface area contributed by atoms with Crippen LogP contribution in [-0.4, -0.2) is 38.4 Å². The van der Waals surface area contributed by atoms with E-state index in [1.165, 1.54) is 34.1 Å². The highest BCUT2D eigenvalue weighted by Crippen LogP contribution is 2.21. The number of hydrogen-bond donors (Lipinski definition) is 0. The van der Waals surface area contributed by atoms with Crippen molar-refractivity contribution in [1.82, 2.24) is 4.31 Å². The van der Waals surface area contributed by atoms with Crippen molar-refractivity contribution in [2.75, 3.05) is 19.7 Å². The van der Waals surface area contributed by atoms with Gasteiger partial charge in [-0.3, -0.25) is 0 Å². The largest absolute Gasteiger partial charge is 0.462 e. The topological polar surface area (TPSA) is 63.7 Å². The predicted molar refractivity (Wildman–Crippen MR) is 99.5 cm³/mol. The van der Waals surface area contributed by atoms with Gasteiger partial charge in [0.15, 0.2) is 0 Å². The number of hydrogen-bond acceptors (Lipinski definition) is 4. The number of nitrogens with zero attached hydrogens (tertiary/aromatic N) is 1. The molecule has 1 aliphatic heterocycles. The molecule has 138 valence electrons. The third-order valence-electron chi connectivity index (χ3n) is 4.48. The maximum absolute atomic E-state index is 12.5. The second-order valence-electron chi connectivity index (χ2n) is 6.36. The van der Waals surface area contributed by atoms with E-state index in [-0.39, 0.29) is 4.90 Å². The number of benzene rings is 2. The van der Waals surface area contributed by atoms with Gasteiger partial charge in [-0.1, -0.05) is 30.3 Å². The van der Waals surface area contributed by atoms with Crippen LogP contribution >= 0.6 is 0 Å². The van der Waals surface area contributed by atoms with E-state index in [1.807, 2.05) is 30.3 Å². The van der Waals surface area contributed by atoms with Crippen molar-refractivity contribution in [2.45, 2.75) is 30.6 Å². The van der Waals surface area contributed by atoms with Crippen molar-refractivity contribution in [3.05, 3.63) is 65.7 Å². The van der Waals surface area contributed by atoms with Gasteiger partial charge in [-0.25, -0.2) is 13.2 Å². The van der Waals surface area contributed by atoms with Crippen LogP contribution in [0.2, 0.25) is 0 Å². The van der Waals surface area contributed by atoms with Crippen LogP contribution in [0.15, 0.2) is 59.5 Å². The zero-order valence-electron chi connectivity index (χ0n) is 14.6. The summed E-state index contributed by atoms with van der Waals surface area (Å²) in [5, 5.41) is 0. The first kappa shape index (κ1) is 18.6. The summed E-state index contributed by atoms with van der Waals surface area (Å²) in [4.78, 5) is 12.3. The third kappa shape index (κ3) is 4.51. The fourth-order valence-electron chi connectivity index (χ4n) is 3.01. The fourth-order valence-corrected chi connectivity index (χ4v) is 4.53. The average Bonchev–Trinajstić information content (AvgIpc) is 3.22. The normalized spacial score (nSPS) is 15.1. The first-order chi connectivity index (χ1) is 12.6. The van der Waals surface area contributed by atoms with E-state index in [1.54, 1.807) is 0 Å². The van der Waals surface area contributed by atoms with Crippen LogP contribution in [0.25, 0.3) is 0 Å². The van der Waals surface area contributed by atoms with E-state index in [4.69, 9.17) is 4.74 Å². The molecule has 0 atom stereocenters. The van der Waals surface area contributed by atoms with Gasteiger partial charge >= 0.3 is 5.97 Å². The lowest BCUT2D eigenvalue weighted by molar-refractivity contribution is 0.0500. The second-order valence-corrected chi connectivity index (χ2v) is 8.30. The molecule has 6 heteroatoms. The Morgan fingerprint density at radius 1 is 0.962 bits per heavy atom. The van der Waals surface area contributed by atoms with Crippen molar-refractivity contribution in [3.8, 4) is 0 Å². The molecule has 0 N–H and O–H groups in total. The van der Waals surface area contributed by atoms with Crippen molar-refractivity contribution in [2.24, 2.45) is 0 Å². The van der Waals surface area contributed by atoms with Crippen molar-refractivity contribution in [3.63, 3.8) is 0 Å². The smallest absolute Gasteiger partial charge is 0.338 e. The van der Waals surface area contributed by atoms with Crippen LogP contribution in [0.5, 0.6) is 0 Å². The summed E-state index contributed by atoms with van der Waals surface area (Å²) in [6, 6.07) is 16.0. The Hall–Kier alpha value is -2.18. The summed E-state index contributed by atoms with van der Waals surface area (Å²) in [7, 11) is -3.45. The molecule has 1 fully saturated rings. The highest BCUT2D eigenvalue weighted by Gasteiger charge is 2.27. The molecule has 0 bridgehead atoms. The van der Waals surface area contributed by atoms with Gasteiger partial charge in [-0.15, -0.1) is 0 Å². The van der Waals surface area contributed by atoms with Crippen LogP contribution in [0.1, 0.15) is 35.2 Å². The minimum atomic E-state index is -3.45. The SMILES string of the molecule is O=C(OCCCc1ccccc1)c1ccc(S(=O)(=O)N2CCCC2)cc1. The lowest BCUT2D eigenvalue weighted by atomic mass is 10.1. The van der Waals surface area contributed by atoms with Crippen LogP contribution in [0.3, 0.4) is 0 Å². The number of ether oxygens (including phenoxy) is 1. The van der Waals surface area contributed by atoms with Gasteiger partial charge in [0.05, 0.1) is 17.1 Å². The van der Waals surface area contributed by atoms with E-state index in [9.17, 15) is 13.2 Å². The van der Waals surface area contributed by atoms with Crippen LogP contribution in [-0.2, 0) is 21.2 Å². The van der Waals surface area contributed by atoms with E-state index in [2.05, 4.69) is 0 Å². The molecule has 3 rings (SSSR count). The molecule has 0 unspecified atom stereocenters. The number of rotatable bonds is 7. The van der Waals surface area contributed by atoms with Gasteiger partial charge in [-0.05, 0) is 55.5 Å². The average molecular weight is 373 g/mol. The minimum absolute atomic E-state index is 0.222. The van der Waals surface area contributed by atoms with Gasteiger partial charge in [0.1, 0.15) is 0 Å². The van der Waals surface area contributed by atoms with E-state index < -0.39 is 16.0 Å². The molecule has 0 spiro atoms. The quantitative estimate of drug-likeness (QED) is 0.552. The summed E-state index contributed by atoms with van der Waals surface area (Å²) >= 11 is 0. The van der Waals surface area contributed by atoms with Crippen molar-refractivity contribution < 1.29 is 17.9 Å². The molecule has 0 saturated carbocycles. The molecule has 26 heavy (non-hydrogen) atoms. The lowest BCUT2D eigenvalue weighted by Gasteiger charge is -2.15. The Balaban J connectivity index is 1.52. The molecular formula is C20H23NO4S. The molecule has 1 aliphatic rings. The Kier molecular flexibility index (Phi) is 6.06. The number of esters is 1. The maximum atomic E-state index is 12.5. The zero-order valence-corrected chi connectivity index (χ0v) is 15.5. The molecule has 2 aromatic carbocycles. The Morgan fingerprint density at radius 3 is 2.27 bits per heavy atom. The third-order valence-corrected chi connectivity index (χ3v) is 6.39. The highest BCUT2D eigenvalue weighted by atomic mass is 32.2. The van der Waals surface area contributed by atoms with Crippen LogP contribution in [0.4, 0.5) is 0 Å². The minimum Gasteiger partial charge on any atom is -0.462 e.